The van der Waals surface area contributed by atoms with Crippen LogP contribution in [0.4, 0.5) is 0 Å². The summed E-state index contributed by atoms with van der Waals surface area (Å²) in [5, 5.41) is 17.7. The van der Waals surface area contributed by atoms with Crippen LogP contribution < -0.4 is 21.7 Å². The zero-order chi connectivity index (χ0) is 27.7. The fraction of sp³-hybridized carbons (Fsp3) is 0.357. The number of rotatable bonds is 13. The van der Waals surface area contributed by atoms with Crippen LogP contribution in [0.2, 0.25) is 0 Å². The number of carboxylic acid groups (broad SMARTS) is 1. The van der Waals surface area contributed by atoms with Crippen LogP contribution in [0.3, 0.4) is 0 Å². The van der Waals surface area contributed by atoms with Gasteiger partial charge < -0.3 is 31.8 Å². The molecule has 7 N–H and O–H groups in total. The zero-order valence-electron chi connectivity index (χ0n) is 21.6. The Morgan fingerprint density at radius 3 is 2.21 bits per heavy atom. The number of H-pyrrole nitrogens is 1. The fourth-order valence-corrected chi connectivity index (χ4v) is 4.13. The summed E-state index contributed by atoms with van der Waals surface area (Å²) in [4.78, 5) is 53.6. The first-order valence-electron chi connectivity index (χ1n) is 12.6. The average Bonchev–Trinajstić information content (AvgIpc) is 3.33. The number of carboxylic acids is 1. The van der Waals surface area contributed by atoms with Crippen molar-refractivity contribution < 1.29 is 24.3 Å². The minimum atomic E-state index is -1.20. The molecule has 10 nitrogen and oxygen atoms in total. The van der Waals surface area contributed by atoms with E-state index in [4.69, 9.17) is 10.8 Å². The van der Waals surface area contributed by atoms with Gasteiger partial charge in [-0.15, -0.1) is 0 Å². The van der Waals surface area contributed by atoms with E-state index in [9.17, 15) is 19.2 Å². The maximum atomic E-state index is 13.5. The number of aliphatic carboxylic acids is 1. The molecule has 0 aliphatic rings. The third-order valence-electron chi connectivity index (χ3n) is 6.62. The number of benzene rings is 2. The molecule has 0 aliphatic heterocycles. The third-order valence-corrected chi connectivity index (χ3v) is 6.62. The fourth-order valence-electron chi connectivity index (χ4n) is 4.13. The molecule has 10 heteroatoms. The predicted octanol–water partition coefficient (Wildman–Crippen LogP) is 1.50. The Hall–Kier alpha value is -4.18. The van der Waals surface area contributed by atoms with E-state index in [0.717, 1.165) is 22.0 Å². The van der Waals surface area contributed by atoms with Crippen molar-refractivity contribution in [1.82, 2.24) is 20.9 Å². The number of carbonyl (C=O) groups excluding carboxylic acids is 3. The molecular weight excluding hydrogens is 486 g/mol. The zero-order valence-corrected chi connectivity index (χ0v) is 21.6. The summed E-state index contributed by atoms with van der Waals surface area (Å²) < 4.78 is 0. The second kappa shape index (κ2) is 13.4. The summed E-state index contributed by atoms with van der Waals surface area (Å²) in [7, 11) is 0. The van der Waals surface area contributed by atoms with E-state index in [1.165, 1.54) is 0 Å². The minimum Gasteiger partial charge on any atom is -0.480 e. The Morgan fingerprint density at radius 2 is 1.53 bits per heavy atom. The van der Waals surface area contributed by atoms with Crippen molar-refractivity contribution in [2.75, 3.05) is 6.54 Å². The average molecular weight is 522 g/mol. The van der Waals surface area contributed by atoms with E-state index < -0.39 is 48.4 Å². The molecule has 0 bridgehead atoms. The molecule has 38 heavy (non-hydrogen) atoms. The summed E-state index contributed by atoms with van der Waals surface area (Å²) in [6.45, 7) is 3.20. The van der Waals surface area contributed by atoms with E-state index in [2.05, 4.69) is 20.9 Å². The first kappa shape index (κ1) is 28.4. The number of aromatic amines is 1. The van der Waals surface area contributed by atoms with E-state index in [0.29, 0.717) is 6.42 Å². The van der Waals surface area contributed by atoms with Gasteiger partial charge in [-0.3, -0.25) is 19.2 Å². The van der Waals surface area contributed by atoms with E-state index in [1.54, 1.807) is 6.20 Å². The minimum absolute atomic E-state index is 0.0909. The van der Waals surface area contributed by atoms with Crippen molar-refractivity contribution in [2.45, 2.75) is 51.2 Å². The topological polar surface area (TPSA) is 166 Å². The van der Waals surface area contributed by atoms with E-state index in [1.807, 2.05) is 68.4 Å². The first-order chi connectivity index (χ1) is 18.2. The predicted molar refractivity (Wildman–Crippen MR) is 144 cm³/mol. The normalized spacial score (nSPS) is 14.2. The molecule has 0 saturated heterocycles. The lowest BCUT2D eigenvalue weighted by atomic mass is 9.98. The number of carbonyl (C=O) groups is 4. The summed E-state index contributed by atoms with van der Waals surface area (Å²) in [6.07, 6.45) is 2.74. The van der Waals surface area contributed by atoms with Gasteiger partial charge in [-0.25, -0.2) is 0 Å². The van der Waals surface area contributed by atoms with Crippen molar-refractivity contribution in [3.8, 4) is 0 Å². The monoisotopic (exact) mass is 521 g/mol. The molecule has 202 valence electrons. The standard InChI is InChI=1S/C28H35N5O5/c1-3-17(2)25(29)28(38)33-22(13-18-9-5-4-6-10-18)27(37)32-23(26(36)31-16-24(34)35)14-19-15-30-21-12-8-7-11-20(19)21/h4-12,15,17,22-23,25,30H,3,13-14,16,29H2,1-2H3,(H,31,36)(H,32,37)(H,33,38)(H,34,35). The number of hydrogen-bond acceptors (Lipinski definition) is 5. The van der Waals surface area contributed by atoms with Crippen LogP contribution in [0.1, 0.15) is 31.4 Å². The SMILES string of the molecule is CCC(C)C(N)C(=O)NC(Cc1ccccc1)C(=O)NC(Cc1c[nH]c2ccccc12)C(=O)NCC(=O)O. The molecule has 2 aromatic carbocycles. The molecule has 1 heterocycles. The highest BCUT2D eigenvalue weighted by molar-refractivity contribution is 5.94. The van der Waals surface area contributed by atoms with Crippen LogP contribution in [0, 0.1) is 5.92 Å². The van der Waals surface area contributed by atoms with Gasteiger partial charge in [0.25, 0.3) is 0 Å². The van der Waals surface area contributed by atoms with Crippen molar-refractivity contribution in [3.63, 3.8) is 0 Å². The maximum Gasteiger partial charge on any atom is 0.322 e. The largest absolute Gasteiger partial charge is 0.480 e. The van der Waals surface area contributed by atoms with Crippen LogP contribution in [0.25, 0.3) is 10.9 Å². The quantitative estimate of drug-likeness (QED) is 0.199. The molecule has 4 atom stereocenters. The second-order valence-electron chi connectivity index (χ2n) is 9.40. The Bertz CT molecular complexity index is 1260. The molecule has 0 radical (unpaired) electrons. The lowest BCUT2D eigenvalue weighted by Crippen LogP contribution is -2.57. The van der Waals surface area contributed by atoms with Crippen LogP contribution >= 0.6 is 0 Å². The van der Waals surface area contributed by atoms with Gasteiger partial charge in [0.05, 0.1) is 6.04 Å². The maximum absolute atomic E-state index is 13.5. The van der Waals surface area contributed by atoms with Gasteiger partial charge in [-0.2, -0.15) is 0 Å². The van der Waals surface area contributed by atoms with Crippen molar-refractivity contribution in [1.29, 1.82) is 0 Å². The Labute approximate surface area is 221 Å². The molecule has 0 spiro atoms. The highest BCUT2D eigenvalue weighted by Crippen LogP contribution is 2.19. The van der Waals surface area contributed by atoms with Gasteiger partial charge >= 0.3 is 5.97 Å². The number of amides is 3. The number of hydrogen-bond donors (Lipinski definition) is 6. The van der Waals surface area contributed by atoms with Crippen LogP contribution in [-0.4, -0.2) is 58.5 Å². The molecule has 0 fully saturated rings. The van der Waals surface area contributed by atoms with Gasteiger partial charge in [-0.05, 0) is 23.1 Å². The van der Waals surface area contributed by atoms with Gasteiger partial charge in [-0.1, -0.05) is 68.8 Å². The van der Waals surface area contributed by atoms with Gasteiger partial charge in [0.15, 0.2) is 0 Å². The Morgan fingerprint density at radius 1 is 0.895 bits per heavy atom. The van der Waals surface area contributed by atoms with Gasteiger partial charge in [0.2, 0.25) is 17.7 Å². The second-order valence-corrected chi connectivity index (χ2v) is 9.40. The first-order valence-corrected chi connectivity index (χ1v) is 12.6. The number of fused-ring (bicyclic) bond motifs is 1. The molecule has 0 aliphatic carbocycles. The van der Waals surface area contributed by atoms with Crippen molar-refractivity contribution in [2.24, 2.45) is 11.7 Å². The van der Waals surface area contributed by atoms with Gasteiger partial charge in [0, 0.05) is 29.9 Å². The number of aromatic nitrogens is 1. The summed E-state index contributed by atoms with van der Waals surface area (Å²) >= 11 is 0. The molecule has 3 amide bonds. The third kappa shape index (κ3) is 7.66. The highest BCUT2D eigenvalue weighted by atomic mass is 16.4. The Kier molecular flexibility index (Phi) is 10.0. The van der Waals surface area contributed by atoms with E-state index in [-0.39, 0.29) is 18.8 Å². The number of para-hydroxylation sites is 1. The van der Waals surface area contributed by atoms with Crippen molar-refractivity contribution >= 4 is 34.6 Å². The molecule has 1 aromatic heterocycles. The number of nitrogens with one attached hydrogen (secondary N) is 4. The van der Waals surface area contributed by atoms with E-state index >= 15 is 0 Å². The smallest absolute Gasteiger partial charge is 0.322 e. The highest BCUT2D eigenvalue weighted by Gasteiger charge is 2.30. The number of nitrogens with two attached hydrogens (primary N) is 1. The summed E-state index contributed by atoms with van der Waals surface area (Å²) in [6, 6.07) is 13.8. The lowest BCUT2D eigenvalue weighted by Gasteiger charge is -2.25. The Balaban J connectivity index is 1.85. The van der Waals surface area contributed by atoms with Crippen LogP contribution in [0.5, 0.6) is 0 Å². The van der Waals surface area contributed by atoms with Gasteiger partial charge in [0.1, 0.15) is 18.6 Å². The molecular formula is C28H35N5O5. The van der Waals surface area contributed by atoms with Crippen LogP contribution in [-0.2, 0) is 32.0 Å². The van der Waals surface area contributed by atoms with Crippen molar-refractivity contribution in [3.05, 3.63) is 71.9 Å². The lowest BCUT2D eigenvalue weighted by molar-refractivity contribution is -0.138. The molecule has 0 saturated carbocycles. The molecule has 3 rings (SSSR count). The van der Waals surface area contributed by atoms with Crippen LogP contribution in [0.15, 0.2) is 60.8 Å². The summed E-state index contributed by atoms with van der Waals surface area (Å²) in [5.41, 5.74) is 8.56. The molecule has 3 aromatic rings. The summed E-state index contributed by atoms with van der Waals surface area (Å²) in [5.74, 6) is -2.98. The molecule has 4 unspecified atom stereocenters.